The van der Waals surface area contributed by atoms with E-state index in [2.05, 4.69) is 5.32 Å². The Kier molecular flexibility index (Phi) is 4.81. The van der Waals surface area contributed by atoms with Gasteiger partial charge in [0.2, 0.25) is 10.0 Å². The first kappa shape index (κ1) is 16.8. The average Bonchev–Trinajstić information content (AvgIpc) is 2.94. The van der Waals surface area contributed by atoms with E-state index >= 15 is 0 Å². The second-order valence-electron chi connectivity index (χ2n) is 5.66. The highest BCUT2D eigenvalue weighted by molar-refractivity contribution is 7.93. The molecule has 0 bridgehead atoms. The minimum atomic E-state index is -3.28. The van der Waals surface area contributed by atoms with Crippen LogP contribution in [0.4, 0.5) is 16.2 Å². The molecule has 9 heteroatoms. The van der Waals surface area contributed by atoms with Gasteiger partial charge in [0.1, 0.15) is 5.75 Å². The van der Waals surface area contributed by atoms with Crippen molar-refractivity contribution in [3.8, 4) is 5.75 Å². The summed E-state index contributed by atoms with van der Waals surface area (Å²) in [5.41, 5.74) is 1.06. The van der Waals surface area contributed by atoms with Crippen LogP contribution in [0.3, 0.4) is 0 Å². The van der Waals surface area contributed by atoms with Crippen LogP contribution in [0, 0.1) is 0 Å². The predicted octanol–water partition coefficient (Wildman–Crippen LogP) is 1.10. The number of methoxy groups -OCH3 is 1. The normalized spacial score (nSPS) is 20.0. The number of ether oxygens (including phenoxy) is 2. The van der Waals surface area contributed by atoms with Crippen molar-refractivity contribution in [2.45, 2.75) is 6.42 Å². The van der Waals surface area contributed by atoms with Crippen molar-refractivity contribution < 1.29 is 22.7 Å². The van der Waals surface area contributed by atoms with Crippen LogP contribution in [0.1, 0.15) is 6.42 Å². The van der Waals surface area contributed by atoms with Crippen molar-refractivity contribution in [1.29, 1.82) is 0 Å². The molecule has 0 atom stereocenters. The third-order valence-corrected chi connectivity index (χ3v) is 5.95. The molecule has 0 unspecified atom stereocenters. The standard InChI is InChI=1S/C15H21N3O5S/c1-22-14-11-12(16-15(19)17-6-8-23-9-7-17)3-4-13(14)18-5-2-10-24(18,20)21/h3-4,11H,2,5-10H2,1H3,(H,16,19). The summed E-state index contributed by atoms with van der Waals surface area (Å²) in [5, 5.41) is 2.81. The summed E-state index contributed by atoms with van der Waals surface area (Å²) in [7, 11) is -1.80. The highest BCUT2D eigenvalue weighted by atomic mass is 32.2. The number of hydrogen-bond donors (Lipinski definition) is 1. The zero-order chi connectivity index (χ0) is 17.2. The number of hydrogen-bond acceptors (Lipinski definition) is 5. The maximum Gasteiger partial charge on any atom is 0.322 e. The van der Waals surface area contributed by atoms with Crippen molar-refractivity contribution in [2.24, 2.45) is 0 Å². The van der Waals surface area contributed by atoms with Crippen LogP contribution in [-0.4, -0.2) is 65.1 Å². The molecule has 0 saturated carbocycles. The Morgan fingerprint density at radius 2 is 2.00 bits per heavy atom. The van der Waals surface area contributed by atoms with Gasteiger partial charge in [-0.25, -0.2) is 13.2 Å². The fourth-order valence-electron chi connectivity index (χ4n) is 2.84. The summed E-state index contributed by atoms with van der Waals surface area (Å²) in [4.78, 5) is 13.9. The molecule has 1 aromatic carbocycles. The van der Waals surface area contributed by atoms with E-state index in [0.717, 1.165) is 0 Å². The van der Waals surface area contributed by atoms with Crippen molar-refractivity contribution in [1.82, 2.24) is 4.90 Å². The Balaban J connectivity index is 1.78. The molecule has 2 heterocycles. The third kappa shape index (κ3) is 3.41. The number of nitrogens with zero attached hydrogens (tertiary/aromatic N) is 2. The lowest BCUT2D eigenvalue weighted by molar-refractivity contribution is 0.0564. The lowest BCUT2D eigenvalue weighted by atomic mass is 10.2. The zero-order valence-corrected chi connectivity index (χ0v) is 14.3. The minimum absolute atomic E-state index is 0.145. The van der Waals surface area contributed by atoms with Gasteiger partial charge in [-0.1, -0.05) is 0 Å². The second-order valence-corrected chi connectivity index (χ2v) is 7.67. The lowest BCUT2D eigenvalue weighted by Crippen LogP contribution is -2.43. The molecule has 2 aliphatic rings. The lowest BCUT2D eigenvalue weighted by Gasteiger charge is -2.27. The van der Waals surface area contributed by atoms with E-state index in [1.807, 2.05) is 0 Å². The van der Waals surface area contributed by atoms with Gasteiger partial charge >= 0.3 is 6.03 Å². The molecule has 2 aliphatic heterocycles. The van der Waals surface area contributed by atoms with E-state index in [1.54, 1.807) is 23.1 Å². The van der Waals surface area contributed by atoms with Crippen molar-refractivity contribution >= 4 is 27.4 Å². The van der Waals surface area contributed by atoms with Crippen LogP contribution < -0.4 is 14.4 Å². The highest BCUT2D eigenvalue weighted by Gasteiger charge is 2.30. The van der Waals surface area contributed by atoms with Gasteiger partial charge in [0, 0.05) is 31.4 Å². The number of sulfonamides is 1. The van der Waals surface area contributed by atoms with Crippen LogP contribution in [-0.2, 0) is 14.8 Å². The first-order valence-corrected chi connectivity index (χ1v) is 9.44. The first-order chi connectivity index (χ1) is 11.5. The number of carbonyl (C=O) groups excluding carboxylic acids is 1. The zero-order valence-electron chi connectivity index (χ0n) is 13.5. The molecule has 24 heavy (non-hydrogen) atoms. The van der Waals surface area contributed by atoms with Gasteiger partial charge < -0.3 is 19.7 Å². The molecule has 0 aliphatic carbocycles. The van der Waals surface area contributed by atoms with Crippen LogP contribution in [0.2, 0.25) is 0 Å². The number of benzene rings is 1. The fraction of sp³-hybridized carbons (Fsp3) is 0.533. The Hall–Kier alpha value is -2.00. The molecular formula is C15H21N3O5S. The van der Waals surface area contributed by atoms with Crippen LogP contribution >= 0.6 is 0 Å². The number of anilines is 2. The van der Waals surface area contributed by atoms with E-state index in [9.17, 15) is 13.2 Å². The van der Waals surface area contributed by atoms with Crippen molar-refractivity contribution in [2.75, 3.05) is 55.3 Å². The number of urea groups is 1. The van der Waals surface area contributed by atoms with E-state index in [0.29, 0.717) is 56.4 Å². The number of carbonyl (C=O) groups is 1. The Morgan fingerprint density at radius 3 is 2.62 bits per heavy atom. The maximum absolute atomic E-state index is 12.2. The molecule has 2 saturated heterocycles. The largest absolute Gasteiger partial charge is 0.494 e. The Labute approximate surface area is 141 Å². The van der Waals surface area contributed by atoms with E-state index in [4.69, 9.17) is 9.47 Å². The number of nitrogens with one attached hydrogen (secondary N) is 1. The van der Waals surface area contributed by atoms with Gasteiger partial charge in [0.25, 0.3) is 0 Å². The monoisotopic (exact) mass is 355 g/mol. The molecule has 3 rings (SSSR count). The molecule has 1 N–H and O–H groups in total. The summed E-state index contributed by atoms with van der Waals surface area (Å²) in [5.74, 6) is 0.561. The number of amides is 2. The van der Waals surface area contributed by atoms with E-state index in [-0.39, 0.29) is 11.8 Å². The van der Waals surface area contributed by atoms with Gasteiger partial charge in [0.05, 0.1) is 31.8 Å². The van der Waals surface area contributed by atoms with Gasteiger partial charge in [-0.05, 0) is 18.6 Å². The van der Waals surface area contributed by atoms with Crippen LogP contribution in [0.25, 0.3) is 0 Å². The molecule has 0 radical (unpaired) electrons. The summed E-state index contributed by atoms with van der Waals surface area (Å²) >= 11 is 0. The van der Waals surface area contributed by atoms with Gasteiger partial charge in [-0.15, -0.1) is 0 Å². The summed E-state index contributed by atoms with van der Waals surface area (Å²) in [6.45, 7) is 2.60. The molecule has 1 aromatic rings. The first-order valence-electron chi connectivity index (χ1n) is 7.83. The summed E-state index contributed by atoms with van der Waals surface area (Å²) in [6.07, 6.45) is 0.598. The molecule has 0 spiro atoms. The Morgan fingerprint density at radius 1 is 1.25 bits per heavy atom. The smallest absolute Gasteiger partial charge is 0.322 e. The SMILES string of the molecule is COc1cc(NC(=O)N2CCOCC2)ccc1N1CCCS1(=O)=O. The molecular weight excluding hydrogens is 334 g/mol. The van der Waals surface area contributed by atoms with Gasteiger partial charge in [-0.3, -0.25) is 4.31 Å². The third-order valence-electron chi connectivity index (χ3n) is 4.10. The predicted molar refractivity (Wildman–Crippen MR) is 90.2 cm³/mol. The van der Waals surface area contributed by atoms with Gasteiger partial charge in [0.15, 0.2) is 0 Å². The average molecular weight is 355 g/mol. The molecule has 0 aromatic heterocycles. The number of rotatable bonds is 3. The topological polar surface area (TPSA) is 88.2 Å². The quantitative estimate of drug-likeness (QED) is 0.877. The highest BCUT2D eigenvalue weighted by Crippen LogP contribution is 2.35. The minimum Gasteiger partial charge on any atom is -0.494 e. The molecule has 132 valence electrons. The molecule has 2 amide bonds. The van der Waals surface area contributed by atoms with E-state index in [1.165, 1.54) is 11.4 Å². The van der Waals surface area contributed by atoms with Crippen LogP contribution in [0.5, 0.6) is 5.75 Å². The fourth-order valence-corrected chi connectivity index (χ4v) is 4.41. The maximum atomic E-state index is 12.2. The summed E-state index contributed by atoms with van der Waals surface area (Å²) in [6, 6.07) is 4.78. The molecule has 8 nitrogen and oxygen atoms in total. The molecule has 2 fully saturated rings. The second kappa shape index (κ2) is 6.86. The van der Waals surface area contributed by atoms with Gasteiger partial charge in [-0.2, -0.15) is 0 Å². The van der Waals surface area contributed by atoms with E-state index < -0.39 is 10.0 Å². The summed E-state index contributed by atoms with van der Waals surface area (Å²) < 4.78 is 36.1. The van der Waals surface area contributed by atoms with Crippen molar-refractivity contribution in [3.05, 3.63) is 18.2 Å². The van der Waals surface area contributed by atoms with Crippen molar-refractivity contribution in [3.63, 3.8) is 0 Å². The van der Waals surface area contributed by atoms with Crippen LogP contribution in [0.15, 0.2) is 18.2 Å². The Bertz CT molecular complexity index is 716. The number of morpholine rings is 1.